The molecule has 4 rings (SSSR count). The molecule has 7 nitrogen and oxygen atoms in total. The van der Waals surface area contributed by atoms with E-state index in [0.29, 0.717) is 53.7 Å². The molecule has 0 saturated carbocycles. The third-order valence-electron chi connectivity index (χ3n) is 6.50. The number of allylic oxidation sites excluding steroid dienone is 2. The molecule has 1 heterocycles. The second-order valence-electron chi connectivity index (χ2n) is 9.27. The molecule has 0 radical (unpaired) electrons. The number of carbonyl (C=O) groups excluding carboxylic acids is 2. The van der Waals surface area contributed by atoms with Gasteiger partial charge in [0.15, 0.2) is 28.8 Å². The zero-order valence-electron chi connectivity index (χ0n) is 21.3. The van der Waals surface area contributed by atoms with Crippen LogP contribution in [0.4, 0.5) is 0 Å². The van der Waals surface area contributed by atoms with E-state index in [1.165, 1.54) is 0 Å². The van der Waals surface area contributed by atoms with Crippen LogP contribution in [0.1, 0.15) is 63.0 Å². The number of rotatable bonds is 8. The van der Waals surface area contributed by atoms with E-state index in [-0.39, 0.29) is 36.1 Å². The van der Waals surface area contributed by atoms with Gasteiger partial charge in [-0.2, -0.15) is 0 Å². The van der Waals surface area contributed by atoms with E-state index >= 15 is 0 Å². The first kappa shape index (κ1) is 26.1. The summed E-state index contributed by atoms with van der Waals surface area (Å²) in [4.78, 5) is 26.3. The van der Waals surface area contributed by atoms with E-state index in [9.17, 15) is 9.59 Å². The second-order valence-corrected chi connectivity index (χ2v) is 10.1. The van der Waals surface area contributed by atoms with Crippen LogP contribution in [0.3, 0.4) is 0 Å². The maximum absolute atomic E-state index is 13.5. The number of hydrogen-bond donors (Lipinski definition) is 1. The van der Waals surface area contributed by atoms with Crippen molar-refractivity contribution in [1.82, 2.24) is 5.32 Å². The minimum absolute atomic E-state index is 0.0179. The van der Waals surface area contributed by atoms with Gasteiger partial charge in [-0.3, -0.25) is 9.59 Å². The Labute approximate surface area is 220 Å². The Bertz CT molecular complexity index is 1200. The molecule has 2 unspecified atom stereocenters. The summed E-state index contributed by atoms with van der Waals surface area (Å²) in [5, 5.41) is 2.99. The van der Waals surface area contributed by atoms with Crippen molar-refractivity contribution in [1.29, 1.82) is 0 Å². The van der Waals surface area contributed by atoms with E-state index < -0.39 is 0 Å². The number of Topliss-reactive ketones (excluding diaryl/α,β-unsaturated/α-hetero) is 1. The molecule has 0 aromatic heterocycles. The molecule has 0 fully saturated rings. The summed E-state index contributed by atoms with van der Waals surface area (Å²) in [6, 6.07) is 9.56. The van der Waals surface area contributed by atoms with E-state index in [1.807, 2.05) is 51.1 Å². The Hall–Kier alpha value is -3.00. The van der Waals surface area contributed by atoms with Crippen LogP contribution in [-0.2, 0) is 9.59 Å². The third kappa shape index (κ3) is 5.24. The number of halogens is 1. The molecule has 8 heteroatoms. The van der Waals surface area contributed by atoms with Gasteiger partial charge in [0.1, 0.15) is 0 Å². The van der Waals surface area contributed by atoms with Gasteiger partial charge in [0, 0.05) is 30.0 Å². The van der Waals surface area contributed by atoms with Crippen LogP contribution in [0, 0.1) is 0 Å². The summed E-state index contributed by atoms with van der Waals surface area (Å²) in [5.41, 5.74) is 3.19. The zero-order valence-corrected chi connectivity index (χ0v) is 22.9. The number of benzene rings is 2. The second kappa shape index (κ2) is 10.9. The largest absolute Gasteiger partial charge is 0.493 e. The van der Waals surface area contributed by atoms with E-state index in [1.54, 1.807) is 14.2 Å². The fourth-order valence-electron chi connectivity index (χ4n) is 5.00. The molecular weight excluding hydrogens is 526 g/mol. The van der Waals surface area contributed by atoms with Crippen LogP contribution in [0.5, 0.6) is 23.0 Å². The number of ketones is 1. The highest BCUT2D eigenvalue weighted by molar-refractivity contribution is 9.10. The van der Waals surface area contributed by atoms with Crippen molar-refractivity contribution in [2.75, 3.05) is 20.8 Å². The van der Waals surface area contributed by atoms with Gasteiger partial charge < -0.3 is 24.3 Å². The lowest BCUT2D eigenvalue weighted by Crippen LogP contribution is -2.38. The Morgan fingerprint density at radius 3 is 2.36 bits per heavy atom. The van der Waals surface area contributed by atoms with Gasteiger partial charge >= 0.3 is 0 Å². The van der Waals surface area contributed by atoms with Gasteiger partial charge in [0.25, 0.3) is 0 Å². The third-order valence-corrected chi connectivity index (χ3v) is 7.09. The zero-order chi connectivity index (χ0) is 26.0. The van der Waals surface area contributed by atoms with E-state index in [2.05, 4.69) is 21.2 Å². The summed E-state index contributed by atoms with van der Waals surface area (Å²) in [7, 11) is 3.18. The van der Waals surface area contributed by atoms with E-state index in [0.717, 1.165) is 15.6 Å². The average Bonchev–Trinajstić information content (AvgIpc) is 2.84. The van der Waals surface area contributed by atoms with Crippen LogP contribution in [0.15, 0.2) is 46.1 Å². The van der Waals surface area contributed by atoms with Gasteiger partial charge in [-0.05, 0) is 84.4 Å². The number of ether oxygens (including phenoxy) is 4. The van der Waals surface area contributed by atoms with Crippen LogP contribution in [0.2, 0.25) is 0 Å². The lowest BCUT2D eigenvalue weighted by atomic mass is 9.73. The lowest BCUT2D eigenvalue weighted by Gasteiger charge is -2.35. The van der Waals surface area contributed by atoms with Crippen LogP contribution < -0.4 is 24.3 Å². The van der Waals surface area contributed by atoms with Crippen molar-refractivity contribution in [3.05, 3.63) is 57.2 Å². The Kier molecular flexibility index (Phi) is 7.93. The summed E-state index contributed by atoms with van der Waals surface area (Å²) < 4.78 is 23.4. The molecule has 1 aliphatic heterocycles. The van der Waals surface area contributed by atoms with Gasteiger partial charge in [-0.15, -0.1) is 0 Å². The molecule has 2 aromatic carbocycles. The summed E-state index contributed by atoms with van der Waals surface area (Å²) >= 11 is 3.57. The highest BCUT2D eigenvalue weighted by Crippen LogP contribution is 2.46. The monoisotopic (exact) mass is 557 g/mol. The van der Waals surface area contributed by atoms with Crippen LogP contribution in [-0.4, -0.2) is 38.6 Å². The molecule has 0 bridgehead atoms. The Balaban J connectivity index is 1.68. The SMILES string of the molecule is CCOc1c(Br)cc(C2CC(=O)NC3=C2C(=O)CC(c2ccc(OC(C)C)c(OC)c2)C3)cc1OC. The summed E-state index contributed by atoms with van der Waals surface area (Å²) in [6.07, 6.45) is 1.14. The van der Waals surface area contributed by atoms with Crippen molar-refractivity contribution in [2.24, 2.45) is 0 Å². The Morgan fingerprint density at radius 1 is 0.972 bits per heavy atom. The van der Waals surface area contributed by atoms with Gasteiger partial charge in [-0.25, -0.2) is 0 Å². The fraction of sp³-hybridized carbons (Fsp3) is 0.429. The molecule has 36 heavy (non-hydrogen) atoms. The summed E-state index contributed by atoms with van der Waals surface area (Å²) in [6.45, 7) is 6.31. The van der Waals surface area contributed by atoms with Gasteiger partial charge in [0.2, 0.25) is 5.91 Å². The van der Waals surface area contributed by atoms with Gasteiger partial charge in [0.05, 0.1) is 31.4 Å². The lowest BCUT2D eigenvalue weighted by molar-refractivity contribution is -0.122. The van der Waals surface area contributed by atoms with Crippen LogP contribution in [0.25, 0.3) is 0 Å². The van der Waals surface area contributed by atoms with Crippen molar-refractivity contribution < 1.29 is 28.5 Å². The highest BCUT2D eigenvalue weighted by atomic mass is 79.9. The molecule has 0 saturated heterocycles. The smallest absolute Gasteiger partial charge is 0.225 e. The maximum Gasteiger partial charge on any atom is 0.225 e. The normalized spacial score (nSPS) is 19.6. The quantitative estimate of drug-likeness (QED) is 0.451. The fourth-order valence-corrected chi connectivity index (χ4v) is 5.57. The molecule has 0 spiro atoms. The van der Waals surface area contributed by atoms with Crippen molar-refractivity contribution >= 4 is 27.6 Å². The summed E-state index contributed by atoms with van der Waals surface area (Å²) in [5.74, 6) is 1.98. The molecule has 2 aliphatic rings. The van der Waals surface area contributed by atoms with Crippen LogP contribution >= 0.6 is 15.9 Å². The standard InChI is InChI=1S/C28H32BrNO6/c1-6-35-28-20(29)9-18(13-25(28)34-5)19-14-26(32)30-21-10-17(11-22(31)27(19)21)16-7-8-23(36-15(2)3)24(12-16)33-4/h7-9,12-13,15,17,19H,6,10-11,14H2,1-5H3,(H,30,32). The number of hydrogen-bond acceptors (Lipinski definition) is 6. The van der Waals surface area contributed by atoms with Crippen molar-refractivity contribution in [3.63, 3.8) is 0 Å². The first-order valence-corrected chi connectivity index (χ1v) is 13.0. The molecule has 192 valence electrons. The number of amides is 1. The Morgan fingerprint density at radius 2 is 1.69 bits per heavy atom. The molecule has 2 aromatic rings. The minimum atomic E-state index is -0.348. The number of nitrogens with one attached hydrogen (secondary N) is 1. The van der Waals surface area contributed by atoms with Crippen molar-refractivity contribution in [3.8, 4) is 23.0 Å². The molecule has 2 atom stereocenters. The molecule has 1 aliphatic carbocycles. The topological polar surface area (TPSA) is 83.1 Å². The number of methoxy groups -OCH3 is 2. The van der Waals surface area contributed by atoms with Gasteiger partial charge in [-0.1, -0.05) is 6.07 Å². The molecular formula is C28H32BrNO6. The minimum Gasteiger partial charge on any atom is -0.493 e. The first-order valence-electron chi connectivity index (χ1n) is 12.2. The predicted molar refractivity (Wildman–Crippen MR) is 140 cm³/mol. The highest BCUT2D eigenvalue weighted by Gasteiger charge is 2.39. The van der Waals surface area contributed by atoms with E-state index in [4.69, 9.17) is 18.9 Å². The molecule has 1 N–H and O–H groups in total. The first-order chi connectivity index (χ1) is 17.2. The average molecular weight is 558 g/mol. The van der Waals surface area contributed by atoms with Crippen molar-refractivity contribution in [2.45, 2.75) is 58.0 Å². The number of carbonyl (C=O) groups is 2. The molecule has 1 amide bonds. The predicted octanol–water partition coefficient (Wildman–Crippen LogP) is 5.66. The maximum atomic E-state index is 13.5.